The van der Waals surface area contributed by atoms with Gasteiger partial charge in [-0.15, -0.1) is 0 Å². The summed E-state index contributed by atoms with van der Waals surface area (Å²) in [5.74, 6) is 0. The monoisotopic (exact) mass is 265 g/mol. The van der Waals surface area contributed by atoms with Crippen molar-refractivity contribution < 1.29 is 0 Å². The van der Waals surface area contributed by atoms with Gasteiger partial charge in [-0.05, 0) is 38.6 Å². The van der Waals surface area contributed by atoms with Gasteiger partial charge in [-0.3, -0.25) is 4.90 Å². The number of nitrogens with two attached hydrogens (primary N) is 1. The summed E-state index contributed by atoms with van der Waals surface area (Å²) >= 11 is 6.03. The Bertz CT molecular complexity index is 425. The molecule has 0 bridgehead atoms. The van der Waals surface area contributed by atoms with E-state index in [-0.39, 0.29) is 18.1 Å². The molecule has 2 N–H and O–H groups in total. The summed E-state index contributed by atoms with van der Waals surface area (Å²) in [5, 5.41) is 9.50. The molecule has 0 aliphatic carbocycles. The van der Waals surface area contributed by atoms with E-state index in [0.717, 1.165) is 5.56 Å². The van der Waals surface area contributed by atoms with Crippen LogP contribution in [-0.2, 0) is 0 Å². The smallest absolute Gasteiger partial charge is 0.0638 e. The highest BCUT2D eigenvalue weighted by Crippen LogP contribution is 2.26. The number of rotatable bonds is 5. The lowest BCUT2D eigenvalue weighted by molar-refractivity contribution is 0.167. The van der Waals surface area contributed by atoms with Crippen LogP contribution in [0.5, 0.6) is 0 Å². The first-order valence-electron chi connectivity index (χ1n) is 6.07. The van der Waals surface area contributed by atoms with Gasteiger partial charge >= 0.3 is 0 Å². The largest absolute Gasteiger partial charge is 0.326 e. The molecule has 0 saturated carbocycles. The topological polar surface area (TPSA) is 53.0 Å². The molecule has 1 aromatic carbocycles. The lowest BCUT2D eigenvalue weighted by Crippen LogP contribution is -2.41. The lowest BCUT2D eigenvalue weighted by atomic mass is 9.98. The summed E-state index contributed by atoms with van der Waals surface area (Å²) in [4.78, 5) is 2.14. The van der Waals surface area contributed by atoms with E-state index in [1.165, 1.54) is 0 Å². The first-order chi connectivity index (χ1) is 8.47. The van der Waals surface area contributed by atoms with E-state index in [9.17, 15) is 0 Å². The first-order valence-corrected chi connectivity index (χ1v) is 6.45. The Morgan fingerprint density at radius 1 is 1.44 bits per heavy atom. The second-order valence-electron chi connectivity index (χ2n) is 4.74. The van der Waals surface area contributed by atoms with Gasteiger partial charge in [-0.1, -0.05) is 23.7 Å². The maximum atomic E-state index is 8.79. The van der Waals surface area contributed by atoms with E-state index >= 15 is 0 Å². The zero-order valence-corrected chi connectivity index (χ0v) is 11.9. The molecule has 1 aromatic rings. The van der Waals surface area contributed by atoms with Gasteiger partial charge in [0.1, 0.15) is 0 Å². The summed E-state index contributed by atoms with van der Waals surface area (Å²) in [5.41, 5.74) is 7.17. The van der Waals surface area contributed by atoms with Crippen LogP contribution in [0.25, 0.3) is 0 Å². The molecule has 98 valence electrons. The predicted octanol–water partition coefficient (Wildman–Crippen LogP) is 2.96. The van der Waals surface area contributed by atoms with Gasteiger partial charge in [0, 0.05) is 23.1 Å². The maximum absolute atomic E-state index is 8.79. The molecular weight excluding hydrogens is 246 g/mol. The number of nitrogens with zero attached hydrogens (tertiary/aromatic N) is 2. The van der Waals surface area contributed by atoms with Crippen LogP contribution >= 0.6 is 11.6 Å². The Kier molecular flexibility index (Phi) is 5.61. The van der Waals surface area contributed by atoms with Crippen LogP contribution in [0.1, 0.15) is 31.9 Å². The Morgan fingerprint density at radius 2 is 2.11 bits per heavy atom. The van der Waals surface area contributed by atoms with Crippen LogP contribution in [-0.4, -0.2) is 24.0 Å². The van der Waals surface area contributed by atoms with Gasteiger partial charge in [0.25, 0.3) is 0 Å². The van der Waals surface area contributed by atoms with E-state index in [0.29, 0.717) is 11.4 Å². The third-order valence-electron chi connectivity index (χ3n) is 3.21. The van der Waals surface area contributed by atoms with Crippen LogP contribution in [0.15, 0.2) is 24.3 Å². The highest BCUT2D eigenvalue weighted by molar-refractivity contribution is 6.30. The summed E-state index contributed by atoms with van der Waals surface area (Å²) in [6, 6.07) is 10.1. The molecular formula is C14H20ClN3. The van der Waals surface area contributed by atoms with Crippen molar-refractivity contribution in [2.75, 3.05) is 7.05 Å². The number of halogens is 1. The highest BCUT2D eigenvalue weighted by atomic mass is 35.5. The average Bonchev–Trinajstić information content (AvgIpc) is 2.29. The molecule has 18 heavy (non-hydrogen) atoms. The standard InChI is InChI=1S/C14H20ClN3/c1-10(7-8-16)18(3)14(11(2)17)12-5-4-6-13(15)9-12/h4-6,9-11,14H,7,17H2,1-3H3. The van der Waals surface area contributed by atoms with Crippen LogP contribution in [0.2, 0.25) is 5.02 Å². The molecule has 3 atom stereocenters. The molecule has 0 aliphatic rings. The Morgan fingerprint density at radius 3 is 2.61 bits per heavy atom. The molecule has 3 unspecified atom stereocenters. The van der Waals surface area contributed by atoms with Gasteiger partial charge in [0.2, 0.25) is 0 Å². The van der Waals surface area contributed by atoms with Crippen LogP contribution in [0.3, 0.4) is 0 Å². The van der Waals surface area contributed by atoms with E-state index in [2.05, 4.69) is 11.0 Å². The molecule has 0 heterocycles. The van der Waals surface area contributed by atoms with Crippen LogP contribution < -0.4 is 5.73 Å². The van der Waals surface area contributed by atoms with Gasteiger partial charge < -0.3 is 5.73 Å². The van der Waals surface area contributed by atoms with E-state index in [4.69, 9.17) is 22.6 Å². The third-order valence-corrected chi connectivity index (χ3v) is 3.44. The molecule has 0 fully saturated rings. The molecule has 1 rings (SSSR count). The normalized spacial score (nSPS) is 16.1. The maximum Gasteiger partial charge on any atom is 0.0638 e. The van der Waals surface area contributed by atoms with Gasteiger partial charge in [0.05, 0.1) is 12.5 Å². The van der Waals surface area contributed by atoms with Crippen molar-refractivity contribution in [3.63, 3.8) is 0 Å². The lowest BCUT2D eigenvalue weighted by Gasteiger charge is -2.35. The molecule has 0 amide bonds. The fourth-order valence-corrected chi connectivity index (χ4v) is 2.35. The second kappa shape index (κ2) is 6.75. The van der Waals surface area contributed by atoms with Gasteiger partial charge in [-0.25, -0.2) is 0 Å². The number of hydrogen-bond donors (Lipinski definition) is 1. The second-order valence-corrected chi connectivity index (χ2v) is 5.17. The summed E-state index contributed by atoms with van der Waals surface area (Å²) in [6.45, 7) is 4.00. The Labute approximate surface area is 114 Å². The number of likely N-dealkylation sites (N-methyl/N-ethyl adjacent to an activating group) is 1. The zero-order valence-electron chi connectivity index (χ0n) is 11.1. The van der Waals surface area contributed by atoms with E-state index < -0.39 is 0 Å². The molecule has 3 nitrogen and oxygen atoms in total. The average molecular weight is 266 g/mol. The predicted molar refractivity (Wildman–Crippen MR) is 75.3 cm³/mol. The number of hydrogen-bond acceptors (Lipinski definition) is 3. The molecule has 4 heteroatoms. The summed E-state index contributed by atoms with van der Waals surface area (Å²) in [6.07, 6.45) is 0.486. The minimum Gasteiger partial charge on any atom is -0.326 e. The molecule has 0 aliphatic heterocycles. The van der Waals surface area contributed by atoms with E-state index in [1.54, 1.807) is 0 Å². The quantitative estimate of drug-likeness (QED) is 0.891. The SMILES string of the molecule is CC(N)C(c1cccc(Cl)c1)N(C)C(C)CC#N. The summed E-state index contributed by atoms with van der Waals surface area (Å²) < 4.78 is 0. The van der Waals surface area contributed by atoms with Crippen LogP contribution in [0.4, 0.5) is 0 Å². The third kappa shape index (κ3) is 3.71. The summed E-state index contributed by atoms with van der Waals surface area (Å²) in [7, 11) is 2.00. The van der Waals surface area contributed by atoms with Crippen molar-refractivity contribution >= 4 is 11.6 Å². The molecule has 0 radical (unpaired) electrons. The minimum absolute atomic E-state index is 0.0328. The van der Waals surface area contributed by atoms with Gasteiger partial charge in [0.15, 0.2) is 0 Å². The first kappa shape index (κ1) is 15.0. The number of nitriles is 1. The van der Waals surface area contributed by atoms with Crippen molar-refractivity contribution in [2.45, 2.75) is 38.4 Å². The van der Waals surface area contributed by atoms with Crippen molar-refractivity contribution in [1.29, 1.82) is 5.26 Å². The fourth-order valence-electron chi connectivity index (χ4n) is 2.15. The Hall–Kier alpha value is -1.08. The van der Waals surface area contributed by atoms with E-state index in [1.807, 2.05) is 45.2 Å². The zero-order chi connectivity index (χ0) is 13.7. The van der Waals surface area contributed by atoms with Crippen molar-refractivity contribution in [3.05, 3.63) is 34.9 Å². The van der Waals surface area contributed by atoms with Crippen molar-refractivity contribution in [3.8, 4) is 6.07 Å². The van der Waals surface area contributed by atoms with Gasteiger partial charge in [-0.2, -0.15) is 5.26 Å². The minimum atomic E-state index is -0.0328. The Balaban J connectivity index is 3.00. The fraction of sp³-hybridized carbons (Fsp3) is 0.500. The number of benzene rings is 1. The molecule has 0 saturated heterocycles. The van der Waals surface area contributed by atoms with Crippen LogP contribution in [0, 0.1) is 11.3 Å². The molecule has 0 aromatic heterocycles. The van der Waals surface area contributed by atoms with Crippen molar-refractivity contribution in [2.24, 2.45) is 5.73 Å². The molecule has 0 spiro atoms. The highest BCUT2D eigenvalue weighted by Gasteiger charge is 2.24. The van der Waals surface area contributed by atoms with Crippen molar-refractivity contribution in [1.82, 2.24) is 4.90 Å².